The fourth-order valence-corrected chi connectivity index (χ4v) is 1.54. The molecule has 0 aromatic heterocycles. The number of ether oxygens (including phenoxy) is 2. The molecule has 1 aromatic carbocycles. The zero-order valence-electron chi connectivity index (χ0n) is 9.84. The minimum atomic E-state index is -0.567. The molecular weight excluding hydrogens is 222 g/mol. The van der Waals surface area contributed by atoms with Crippen LogP contribution in [0.15, 0.2) is 18.2 Å². The minimum Gasteiger partial charge on any atom is -0.490 e. The number of carbonyl (C=O) groups excluding carboxylic acids is 1. The van der Waals surface area contributed by atoms with Crippen molar-refractivity contribution in [1.82, 2.24) is 4.90 Å². The number of fused-ring (bicyclic) bond motifs is 1. The molecule has 0 spiro atoms. The first-order valence-electron chi connectivity index (χ1n) is 5.35. The minimum absolute atomic E-state index is 0.00561. The summed E-state index contributed by atoms with van der Waals surface area (Å²) in [5, 5.41) is 9.54. The molecule has 0 saturated carbocycles. The summed E-state index contributed by atoms with van der Waals surface area (Å²) in [4.78, 5) is 12.8. The molecule has 0 radical (unpaired) electrons. The van der Waals surface area contributed by atoms with Crippen LogP contribution in [0.2, 0.25) is 0 Å². The van der Waals surface area contributed by atoms with Gasteiger partial charge in [-0.1, -0.05) is 0 Å². The lowest BCUT2D eigenvalue weighted by atomic mass is 10.1. The van der Waals surface area contributed by atoms with E-state index in [-0.39, 0.29) is 19.1 Å². The van der Waals surface area contributed by atoms with Crippen LogP contribution < -0.4 is 9.47 Å². The van der Waals surface area contributed by atoms with Crippen molar-refractivity contribution < 1.29 is 19.4 Å². The predicted molar refractivity (Wildman–Crippen MR) is 61.1 cm³/mol. The van der Waals surface area contributed by atoms with Crippen LogP contribution in [0.1, 0.15) is 11.7 Å². The Balaban J connectivity index is 2.02. The maximum absolute atomic E-state index is 11.3. The average Bonchev–Trinajstić information content (AvgIpc) is 2.67. The highest BCUT2D eigenvalue weighted by molar-refractivity contribution is 5.77. The van der Waals surface area contributed by atoms with Crippen molar-refractivity contribution >= 4 is 5.91 Å². The summed E-state index contributed by atoms with van der Waals surface area (Å²) >= 11 is 0. The Morgan fingerprint density at radius 2 is 2.35 bits per heavy atom. The van der Waals surface area contributed by atoms with Crippen molar-refractivity contribution in [3.05, 3.63) is 23.8 Å². The van der Waals surface area contributed by atoms with Crippen LogP contribution >= 0.6 is 0 Å². The number of rotatable bonds is 3. The third-order valence-electron chi connectivity index (χ3n) is 2.60. The van der Waals surface area contributed by atoms with Crippen molar-refractivity contribution in [2.75, 3.05) is 27.3 Å². The quantitative estimate of drug-likeness (QED) is 0.835. The average molecular weight is 237 g/mol. The molecule has 5 heteroatoms. The van der Waals surface area contributed by atoms with Gasteiger partial charge in [-0.3, -0.25) is 4.79 Å². The first-order chi connectivity index (χ1) is 8.08. The second-order valence-electron chi connectivity index (χ2n) is 4.10. The Morgan fingerprint density at radius 3 is 3.06 bits per heavy atom. The van der Waals surface area contributed by atoms with Crippen molar-refractivity contribution in [3.8, 4) is 11.5 Å². The molecule has 1 aliphatic rings. The summed E-state index contributed by atoms with van der Waals surface area (Å²) in [6.45, 7) is 0.268. The van der Waals surface area contributed by atoms with Gasteiger partial charge in [0, 0.05) is 25.7 Å². The lowest BCUT2D eigenvalue weighted by Gasteiger charge is -2.11. The predicted octanol–water partition coefficient (Wildman–Crippen LogP) is 0.579. The third-order valence-corrected chi connectivity index (χ3v) is 2.60. The van der Waals surface area contributed by atoms with E-state index in [9.17, 15) is 9.90 Å². The zero-order chi connectivity index (χ0) is 12.4. The van der Waals surface area contributed by atoms with Crippen LogP contribution in [-0.4, -0.2) is 43.2 Å². The molecule has 1 N–H and O–H groups in total. The molecule has 2 rings (SSSR count). The fourth-order valence-electron chi connectivity index (χ4n) is 1.54. The number of amides is 1. The van der Waals surface area contributed by atoms with E-state index in [4.69, 9.17) is 9.47 Å². The normalized spacial score (nSPS) is 17.2. The highest BCUT2D eigenvalue weighted by atomic mass is 16.5. The van der Waals surface area contributed by atoms with Crippen LogP contribution in [0.4, 0.5) is 0 Å². The number of carbonyl (C=O) groups is 1. The van der Waals surface area contributed by atoms with Gasteiger partial charge in [-0.15, -0.1) is 0 Å². The molecule has 1 unspecified atom stereocenters. The van der Waals surface area contributed by atoms with E-state index >= 15 is 0 Å². The monoisotopic (exact) mass is 237 g/mol. The van der Waals surface area contributed by atoms with E-state index in [0.29, 0.717) is 11.5 Å². The van der Waals surface area contributed by atoms with Gasteiger partial charge in [0.1, 0.15) is 24.2 Å². The fraction of sp³-hybridized carbons (Fsp3) is 0.417. The van der Waals surface area contributed by atoms with Gasteiger partial charge in [-0.2, -0.15) is 0 Å². The Hall–Kier alpha value is -1.75. The van der Waals surface area contributed by atoms with Crippen LogP contribution in [0.25, 0.3) is 0 Å². The van der Waals surface area contributed by atoms with E-state index in [1.165, 1.54) is 4.90 Å². The lowest BCUT2D eigenvalue weighted by molar-refractivity contribution is -0.130. The van der Waals surface area contributed by atoms with Gasteiger partial charge in [0.25, 0.3) is 5.91 Å². The number of hydrogen-bond acceptors (Lipinski definition) is 4. The molecule has 0 saturated heterocycles. The highest BCUT2D eigenvalue weighted by Crippen LogP contribution is 2.34. The van der Waals surface area contributed by atoms with Gasteiger partial charge >= 0.3 is 0 Å². The number of hydrogen-bond donors (Lipinski definition) is 1. The Kier molecular flexibility index (Phi) is 3.19. The van der Waals surface area contributed by atoms with Gasteiger partial charge < -0.3 is 19.5 Å². The van der Waals surface area contributed by atoms with Gasteiger partial charge in [-0.25, -0.2) is 0 Å². The first-order valence-corrected chi connectivity index (χ1v) is 5.35. The SMILES string of the molecule is CN(C)C(=O)COc1ccc2c(c1)OCC2O. The topological polar surface area (TPSA) is 59.0 Å². The summed E-state index contributed by atoms with van der Waals surface area (Å²) in [5.41, 5.74) is 0.760. The van der Waals surface area contributed by atoms with Gasteiger partial charge in [-0.05, 0) is 12.1 Å². The van der Waals surface area contributed by atoms with Crippen molar-refractivity contribution in [2.45, 2.75) is 6.10 Å². The Morgan fingerprint density at radius 1 is 1.59 bits per heavy atom. The Bertz CT molecular complexity index is 431. The summed E-state index contributed by atoms with van der Waals surface area (Å²) in [6, 6.07) is 5.16. The van der Waals surface area contributed by atoms with Crippen molar-refractivity contribution in [1.29, 1.82) is 0 Å². The molecule has 1 aromatic rings. The molecule has 1 aliphatic heterocycles. The standard InChI is InChI=1S/C12H15NO4/c1-13(2)12(15)7-16-8-3-4-9-10(14)6-17-11(9)5-8/h3-5,10,14H,6-7H2,1-2H3. The molecule has 1 atom stereocenters. The number of aliphatic hydroxyl groups is 1. The largest absolute Gasteiger partial charge is 0.490 e. The number of aliphatic hydroxyl groups excluding tert-OH is 1. The van der Waals surface area contributed by atoms with E-state index in [1.54, 1.807) is 32.3 Å². The van der Waals surface area contributed by atoms with E-state index < -0.39 is 6.10 Å². The summed E-state index contributed by atoms with van der Waals surface area (Å²) in [6.07, 6.45) is -0.567. The molecule has 17 heavy (non-hydrogen) atoms. The maximum atomic E-state index is 11.3. The van der Waals surface area contributed by atoms with Crippen LogP contribution in [0, 0.1) is 0 Å². The molecule has 0 aliphatic carbocycles. The smallest absolute Gasteiger partial charge is 0.259 e. The summed E-state index contributed by atoms with van der Waals surface area (Å²) in [5.74, 6) is 1.08. The molecular formula is C12H15NO4. The van der Waals surface area contributed by atoms with Crippen LogP contribution in [0.5, 0.6) is 11.5 Å². The van der Waals surface area contributed by atoms with Crippen molar-refractivity contribution in [3.63, 3.8) is 0 Å². The summed E-state index contributed by atoms with van der Waals surface area (Å²) in [7, 11) is 3.35. The van der Waals surface area contributed by atoms with Crippen LogP contribution in [-0.2, 0) is 4.79 Å². The molecule has 0 fully saturated rings. The van der Waals surface area contributed by atoms with Gasteiger partial charge in [0.05, 0.1) is 0 Å². The number of nitrogens with zero attached hydrogens (tertiary/aromatic N) is 1. The van der Waals surface area contributed by atoms with Gasteiger partial charge in [0.15, 0.2) is 6.61 Å². The first kappa shape index (κ1) is 11.7. The van der Waals surface area contributed by atoms with E-state index in [1.807, 2.05) is 0 Å². The van der Waals surface area contributed by atoms with Crippen LogP contribution in [0.3, 0.4) is 0 Å². The molecule has 0 bridgehead atoms. The second kappa shape index (κ2) is 4.63. The highest BCUT2D eigenvalue weighted by Gasteiger charge is 2.22. The zero-order valence-corrected chi connectivity index (χ0v) is 9.84. The summed E-state index contributed by atoms with van der Waals surface area (Å²) < 4.78 is 10.6. The van der Waals surface area contributed by atoms with E-state index in [0.717, 1.165) is 5.56 Å². The molecule has 92 valence electrons. The lowest BCUT2D eigenvalue weighted by Crippen LogP contribution is -2.27. The van der Waals surface area contributed by atoms with E-state index in [2.05, 4.69) is 0 Å². The van der Waals surface area contributed by atoms with Crippen molar-refractivity contribution in [2.24, 2.45) is 0 Å². The maximum Gasteiger partial charge on any atom is 0.259 e. The number of likely N-dealkylation sites (N-methyl/N-ethyl adjacent to an activating group) is 1. The molecule has 1 amide bonds. The Labute approximate surface area is 99.6 Å². The number of benzene rings is 1. The second-order valence-corrected chi connectivity index (χ2v) is 4.10. The van der Waals surface area contributed by atoms with Gasteiger partial charge in [0.2, 0.25) is 0 Å². The molecule has 1 heterocycles. The molecule has 5 nitrogen and oxygen atoms in total. The third kappa shape index (κ3) is 2.50.